The summed E-state index contributed by atoms with van der Waals surface area (Å²) in [6.07, 6.45) is 9.59. The zero-order valence-corrected chi connectivity index (χ0v) is 9.87. The molecule has 0 spiro atoms. The molecular weight excluding hydrogens is 198 g/mol. The van der Waals surface area contributed by atoms with E-state index in [9.17, 15) is 0 Å². The Morgan fingerprint density at radius 1 is 1.25 bits per heavy atom. The fourth-order valence-electron chi connectivity index (χ4n) is 2.73. The number of aryl methyl sites for hydroxylation is 1. The Kier molecular flexibility index (Phi) is 2.64. The molecular formula is C13H19N3. The summed E-state index contributed by atoms with van der Waals surface area (Å²) in [5.41, 5.74) is 2.62. The number of hydrogen-bond donors (Lipinski definition) is 1. The van der Waals surface area contributed by atoms with Crippen LogP contribution in [0.5, 0.6) is 0 Å². The Morgan fingerprint density at radius 2 is 2.12 bits per heavy atom. The Morgan fingerprint density at radius 3 is 2.81 bits per heavy atom. The van der Waals surface area contributed by atoms with Crippen LogP contribution >= 0.6 is 0 Å². The van der Waals surface area contributed by atoms with Gasteiger partial charge in [-0.2, -0.15) is 0 Å². The average molecular weight is 217 g/mol. The Labute approximate surface area is 96.7 Å². The zero-order chi connectivity index (χ0) is 11.0. The first-order valence-electron chi connectivity index (χ1n) is 6.41. The maximum absolute atomic E-state index is 4.78. The third-order valence-electron chi connectivity index (χ3n) is 4.02. The molecule has 1 heterocycles. The topological polar surface area (TPSA) is 37.8 Å². The molecule has 2 aliphatic carbocycles. The van der Waals surface area contributed by atoms with E-state index in [1.807, 2.05) is 7.05 Å². The minimum absolute atomic E-state index is 0.471. The van der Waals surface area contributed by atoms with Crippen LogP contribution in [-0.2, 0) is 6.42 Å². The quantitative estimate of drug-likeness (QED) is 0.826. The summed E-state index contributed by atoms with van der Waals surface area (Å²) in [6, 6.07) is 0.471. The van der Waals surface area contributed by atoms with E-state index in [0.29, 0.717) is 12.0 Å². The van der Waals surface area contributed by atoms with Gasteiger partial charge in [0.25, 0.3) is 0 Å². The minimum atomic E-state index is 0.471. The van der Waals surface area contributed by atoms with Gasteiger partial charge in [0.1, 0.15) is 5.82 Å². The Hall–Kier alpha value is -0.960. The molecule has 1 N–H and O–H groups in total. The SMILES string of the molecule is CNC1CCCc2nc(C3CCC3)ncc21. The number of rotatable bonds is 2. The molecule has 1 unspecified atom stereocenters. The first-order valence-corrected chi connectivity index (χ1v) is 6.41. The highest BCUT2D eigenvalue weighted by molar-refractivity contribution is 5.25. The highest BCUT2D eigenvalue weighted by Gasteiger charge is 2.25. The van der Waals surface area contributed by atoms with Gasteiger partial charge in [0.2, 0.25) is 0 Å². The number of hydrogen-bond acceptors (Lipinski definition) is 3. The van der Waals surface area contributed by atoms with Crippen LogP contribution in [0, 0.1) is 0 Å². The predicted molar refractivity (Wildman–Crippen MR) is 63.4 cm³/mol. The second-order valence-corrected chi connectivity index (χ2v) is 4.99. The van der Waals surface area contributed by atoms with Crippen LogP contribution in [0.1, 0.15) is 61.1 Å². The number of nitrogens with one attached hydrogen (secondary N) is 1. The van der Waals surface area contributed by atoms with E-state index in [-0.39, 0.29) is 0 Å². The predicted octanol–water partition coefficient (Wildman–Crippen LogP) is 2.34. The lowest BCUT2D eigenvalue weighted by Gasteiger charge is -2.28. The van der Waals surface area contributed by atoms with Crippen molar-refractivity contribution in [1.29, 1.82) is 0 Å². The van der Waals surface area contributed by atoms with E-state index in [2.05, 4.69) is 16.5 Å². The number of nitrogens with zero attached hydrogens (tertiary/aromatic N) is 2. The molecule has 3 heteroatoms. The molecule has 1 saturated carbocycles. The molecule has 2 aliphatic rings. The van der Waals surface area contributed by atoms with Gasteiger partial charge in [-0.05, 0) is 39.2 Å². The molecule has 0 radical (unpaired) electrons. The van der Waals surface area contributed by atoms with Crippen LogP contribution < -0.4 is 5.32 Å². The first-order chi connectivity index (χ1) is 7.88. The maximum Gasteiger partial charge on any atom is 0.131 e. The monoisotopic (exact) mass is 217 g/mol. The van der Waals surface area contributed by atoms with Crippen LogP contribution in [0.25, 0.3) is 0 Å². The van der Waals surface area contributed by atoms with Gasteiger partial charge >= 0.3 is 0 Å². The lowest BCUT2D eigenvalue weighted by Crippen LogP contribution is -2.24. The summed E-state index contributed by atoms with van der Waals surface area (Å²) >= 11 is 0. The van der Waals surface area contributed by atoms with Gasteiger partial charge in [-0.1, -0.05) is 6.42 Å². The molecule has 0 aliphatic heterocycles. The summed E-state index contributed by atoms with van der Waals surface area (Å²) in [6.45, 7) is 0. The van der Waals surface area contributed by atoms with Crippen molar-refractivity contribution in [2.75, 3.05) is 7.05 Å². The van der Waals surface area contributed by atoms with E-state index in [1.54, 1.807) is 0 Å². The summed E-state index contributed by atoms with van der Waals surface area (Å²) in [7, 11) is 2.03. The third-order valence-corrected chi connectivity index (χ3v) is 4.02. The van der Waals surface area contributed by atoms with Crippen LogP contribution in [0.4, 0.5) is 0 Å². The van der Waals surface area contributed by atoms with Crippen LogP contribution in [0.3, 0.4) is 0 Å². The van der Waals surface area contributed by atoms with Gasteiger partial charge in [-0.3, -0.25) is 0 Å². The standard InChI is InChI=1S/C13H19N3/c1-14-11-6-3-7-12-10(11)8-15-13(16-12)9-4-2-5-9/h8-9,11,14H,2-7H2,1H3. The molecule has 0 aromatic carbocycles. The second-order valence-electron chi connectivity index (χ2n) is 4.99. The summed E-state index contributed by atoms with van der Waals surface area (Å²) in [5, 5.41) is 3.36. The minimum Gasteiger partial charge on any atom is -0.313 e. The van der Waals surface area contributed by atoms with Crippen molar-refractivity contribution < 1.29 is 0 Å². The molecule has 0 saturated heterocycles. The van der Waals surface area contributed by atoms with Gasteiger partial charge in [0.05, 0.1) is 0 Å². The van der Waals surface area contributed by atoms with Crippen molar-refractivity contribution in [3.63, 3.8) is 0 Å². The molecule has 16 heavy (non-hydrogen) atoms. The molecule has 1 fully saturated rings. The smallest absolute Gasteiger partial charge is 0.131 e. The van der Waals surface area contributed by atoms with Gasteiger partial charge in [0.15, 0.2) is 0 Å². The maximum atomic E-state index is 4.78. The second kappa shape index (κ2) is 4.13. The lowest BCUT2D eigenvalue weighted by molar-refractivity contribution is 0.396. The molecule has 86 valence electrons. The number of aromatic nitrogens is 2. The normalized spacial score (nSPS) is 24.9. The molecule has 3 rings (SSSR count). The fourth-order valence-corrected chi connectivity index (χ4v) is 2.73. The van der Waals surface area contributed by atoms with Gasteiger partial charge < -0.3 is 5.32 Å². The summed E-state index contributed by atoms with van der Waals surface area (Å²) < 4.78 is 0. The molecule has 0 amide bonds. The van der Waals surface area contributed by atoms with E-state index in [1.165, 1.54) is 43.4 Å². The third kappa shape index (κ3) is 1.63. The number of fused-ring (bicyclic) bond motifs is 1. The fraction of sp³-hybridized carbons (Fsp3) is 0.692. The largest absolute Gasteiger partial charge is 0.313 e. The van der Waals surface area contributed by atoms with Crippen molar-refractivity contribution in [3.8, 4) is 0 Å². The van der Waals surface area contributed by atoms with Gasteiger partial charge in [0, 0.05) is 29.4 Å². The molecule has 3 nitrogen and oxygen atoms in total. The van der Waals surface area contributed by atoms with E-state index in [0.717, 1.165) is 12.2 Å². The van der Waals surface area contributed by atoms with Crippen molar-refractivity contribution in [1.82, 2.24) is 15.3 Å². The Bertz CT molecular complexity index is 385. The van der Waals surface area contributed by atoms with Crippen molar-refractivity contribution in [3.05, 3.63) is 23.3 Å². The Balaban J connectivity index is 1.91. The van der Waals surface area contributed by atoms with Crippen LogP contribution in [0.15, 0.2) is 6.20 Å². The summed E-state index contributed by atoms with van der Waals surface area (Å²) in [5.74, 6) is 1.75. The highest BCUT2D eigenvalue weighted by Crippen LogP contribution is 2.36. The first kappa shape index (κ1) is 10.2. The molecule has 1 aromatic heterocycles. The van der Waals surface area contributed by atoms with Crippen molar-refractivity contribution in [2.45, 2.75) is 50.5 Å². The van der Waals surface area contributed by atoms with Crippen LogP contribution in [0.2, 0.25) is 0 Å². The van der Waals surface area contributed by atoms with Crippen molar-refractivity contribution in [2.24, 2.45) is 0 Å². The van der Waals surface area contributed by atoms with Gasteiger partial charge in [-0.15, -0.1) is 0 Å². The van der Waals surface area contributed by atoms with Gasteiger partial charge in [-0.25, -0.2) is 9.97 Å². The lowest BCUT2D eigenvalue weighted by atomic mass is 9.84. The van der Waals surface area contributed by atoms with E-state index >= 15 is 0 Å². The molecule has 1 aromatic rings. The molecule has 1 atom stereocenters. The highest BCUT2D eigenvalue weighted by atomic mass is 14.9. The van der Waals surface area contributed by atoms with E-state index in [4.69, 9.17) is 4.98 Å². The van der Waals surface area contributed by atoms with E-state index < -0.39 is 0 Å². The summed E-state index contributed by atoms with van der Waals surface area (Å²) in [4.78, 5) is 9.34. The zero-order valence-electron chi connectivity index (χ0n) is 9.87. The molecule has 0 bridgehead atoms. The van der Waals surface area contributed by atoms with Crippen molar-refractivity contribution >= 4 is 0 Å². The van der Waals surface area contributed by atoms with Crippen LogP contribution in [-0.4, -0.2) is 17.0 Å². The average Bonchev–Trinajstić information content (AvgIpc) is 2.25.